The van der Waals surface area contributed by atoms with E-state index in [2.05, 4.69) is 71.8 Å². The summed E-state index contributed by atoms with van der Waals surface area (Å²) in [5.41, 5.74) is 5.83. The van der Waals surface area contributed by atoms with E-state index < -0.39 is 0 Å². The molecule has 6 heteroatoms. The van der Waals surface area contributed by atoms with Gasteiger partial charge in [0.15, 0.2) is 0 Å². The minimum Gasteiger partial charge on any atom is -0.494 e. The summed E-state index contributed by atoms with van der Waals surface area (Å²) in [6, 6.07) is 27.8. The van der Waals surface area contributed by atoms with Gasteiger partial charge in [0, 0.05) is 37.6 Å². The summed E-state index contributed by atoms with van der Waals surface area (Å²) < 4.78 is 17.0. The van der Waals surface area contributed by atoms with E-state index in [0.29, 0.717) is 13.2 Å². The Hall–Kier alpha value is -3.32. The number of aryl methyl sites for hydroxylation is 1. The first-order valence-corrected chi connectivity index (χ1v) is 14.9. The number of anilines is 3. The second kappa shape index (κ2) is 10.2. The summed E-state index contributed by atoms with van der Waals surface area (Å²) in [5, 5.41) is 2.31. The Bertz CT molecular complexity index is 1590. The smallest absolute Gasteiger partial charge is 0.119 e. The molecule has 0 aliphatic carbocycles. The maximum Gasteiger partial charge on any atom is 0.119 e. The first kappa shape index (κ1) is 24.0. The minimum atomic E-state index is 0.654. The number of benzene rings is 3. The molecule has 0 N–H and O–H groups in total. The topological polar surface area (TPSA) is 21.7 Å². The van der Waals surface area contributed by atoms with Gasteiger partial charge in [0.25, 0.3) is 0 Å². The number of ether oxygens (including phenoxy) is 2. The van der Waals surface area contributed by atoms with Crippen LogP contribution in [0.2, 0.25) is 0 Å². The number of nitrogens with zero attached hydrogens (tertiary/aromatic N) is 1. The van der Waals surface area contributed by atoms with Crippen LogP contribution in [0, 0.1) is 6.92 Å². The molecule has 0 radical (unpaired) electrons. The van der Waals surface area contributed by atoms with Gasteiger partial charge in [-0.3, -0.25) is 0 Å². The predicted molar refractivity (Wildman–Crippen MR) is 162 cm³/mol. The van der Waals surface area contributed by atoms with Crippen LogP contribution in [0.25, 0.3) is 29.9 Å². The van der Waals surface area contributed by atoms with E-state index >= 15 is 0 Å². The van der Waals surface area contributed by atoms with Crippen LogP contribution >= 0.6 is 34.0 Å². The average molecular weight is 542 g/mol. The van der Waals surface area contributed by atoms with Gasteiger partial charge in [-0.2, -0.15) is 0 Å². The van der Waals surface area contributed by atoms with E-state index in [1.807, 2.05) is 72.1 Å². The monoisotopic (exact) mass is 541 g/mol. The highest BCUT2D eigenvalue weighted by Gasteiger charge is 2.17. The summed E-state index contributed by atoms with van der Waals surface area (Å²) >= 11 is 5.67. The third kappa shape index (κ3) is 4.61. The lowest BCUT2D eigenvalue weighted by molar-refractivity contribution is 0.340. The van der Waals surface area contributed by atoms with Crippen LogP contribution in [0.3, 0.4) is 0 Å². The van der Waals surface area contributed by atoms with Crippen molar-refractivity contribution >= 4 is 69.9 Å². The van der Waals surface area contributed by atoms with E-state index in [-0.39, 0.29) is 0 Å². The number of rotatable bonds is 8. The zero-order valence-corrected chi connectivity index (χ0v) is 23.4. The number of fused-ring (bicyclic) bond motifs is 3. The van der Waals surface area contributed by atoms with Crippen LogP contribution in [-0.2, 0) is 0 Å². The summed E-state index contributed by atoms with van der Waals surface area (Å²) in [5.74, 6) is 1.75. The molecule has 0 bridgehead atoms. The second-order valence-electron chi connectivity index (χ2n) is 8.70. The van der Waals surface area contributed by atoms with Gasteiger partial charge in [0.1, 0.15) is 11.5 Å². The Morgan fingerprint density at radius 2 is 1.19 bits per heavy atom. The van der Waals surface area contributed by atoms with Crippen LogP contribution in [0.4, 0.5) is 17.1 Å². The zero-order valence-electron chi connectivity index (χ0n) is 21.0. The maximum absolute atomic E-state index is 5.68. The van der Waals surface area contributed by atoms with Gasteiger partial charge in [0.2, 0.25) is 0 Å². The molecule has 3 nitrogen and oxygen atoms in total. The molecule has 0 unspecified atom stereocenters. The van der Waals surface area contributed by atoms with Crippen molar-refractivity contribution < 1.29 is 9.47 Å². The van der Waals surface area contributed by atoms with Crippen molar-refractivity contribution in [3.63, 3.8) is 0 Å². The van der Waals surface area contributed by atoms with Gasteiger partial charge < -0.3 is 14.4 Å². The molecule has 0 fully saturated rings. The van der Waals surface area contributed by atoms with E-state index in [0.717, 1.165) is 28.6 Å². The van der Waals surface area contributed by atoms with Crippen LogP contribution in [-0.4, -0.2) is 13.2 Å². The molecule has 0 saturated carbocycles. The molecular formula is C31H27NO2S3. The zero-order chi connectivity index (χ0) is 25.4. The predicted octanol–water partition coefficient (Wildman–Crippen LogP) is 10.4. The molecule has 0 saturated heterocycles. The SMILES string of the molecule is CCOc1ccc(N(c2ccc(OCC)cc2)c2ccc(-c3csc4c3sc3cc(C)sc34)cc2)cc1. The lowest BCUT2D eigenvalue weighted by Gasteiger charge is -2.26. The summed E-state index contributed by atoms with van der Waals surface area (Å²) in [7, 11) is 0. The highest BCUT2D eigenvalue weighted by atomic mass is 32.1. The van der Waals surface area contributed by atoms with Crippen molar-refractivity contribution in [2.24, 2.45) is 0 Å². The van der Waals surface area contributed by atoms with Gasteiger partial charge >= 0.3 is 0 Å². The molecule has 0 amide bonds. The third-order valence-corrected chi connectivity index (χ3v) is 9.86. The standard InChI is InChI=1S/C31H27NO2S3/c1-4-33-25-14-10-23(11-15-25)32(24-12-16-26(17-13-24)34-5-2)22-8-6-21(7-9-22)27-19-35-31-29(27)37-28-18-20(3)36-30(28)31/h6-19H,4-5H2,1-3H3. The highest BCUT2D eigenvalue weighted by molar-refractivity contribution is 7.38. The van der Waals surface area contributed by atoms with Crippen LogP contribution in [0.5, 0.6) is 11.5 Å². The van der Waals surface area contributed by atoms with Crippen molar-refractivity contribution in [1.29, 1.82) is 0 Å². The molecule has 0 atom stereocenters. The van der Waals surface area contributed by atoms with Gasteiger partial charge in [-0.1, -0.05) is 12.1 Å². The molecule has 3 heterocycles. The molecule has 186 valence electrons. The van der Waals surface area contributed by atoms with E-state index in [1.165, 1.54) is 34.8 Å². The molecule has 3 aromatic carbocycles. The first-order chi connectivity index (χ1) is 18.1. The van der Waals surface area contributed by atoms with Crippen molar-refractivity contribution in [2.75, 3.05) is 18.1 Å². The molecule has 3 aromatic heterocycles. The fourth-order valence-corrected chi connectivity index (χ4v) is 8.57. The fraction of sp³-hybridized carbons (Fsp3) is 0.161. The molecule has 0 spiro atoms. The molecule has 0 aliphatic heterocycles. The van der Waals surface area contributed by atoms with Crippen LogP contribution in [0.1, 0.15) is 18.7 Å². The summed E-state index contributed by atoms with van der Waals surface area (Å²) in [4.78, 5) is 3.65. The Labute approximate surface area is 229 Å². The Morgan fingerprint density at radius 1 is 0.649 bits per heavy atom. The van der Waals surface area contributed by atoms with Crippen LogP contribution < -0.4 is 14.4 Å². The molecule has 6 aromatic rings. The van der Waals surface area contributed by atoms with Gasteiger partial charge in [-0.25, -0.2) is 0 Å². The first-order valence-electron chi connectivity index (χ1n) is 12.4. The van der Waals surface area contributed by atoms with E-state index in [4.69, 9.17) is 9.47 Å². The van der Waals surface area contributed by atoms with Gasteiger partial charge in [-0.15, -0.1) is 34.0 Å². The van der Waals surface area contributed by atoms with E-state index in [1.54, 1.807) is 0 Å². The van der Waals surface area contributed by atoms with E-state index in [9.17, 15) is 0 Å². The molecular weight excluding hydrogens is 515 g/mol. The van der Waals surface area contributed by atoms with Crippen molar-refractivity contribution in [3.8, 4) is 22.6 Å². The number of hydrogen-bond donors (Lipinski definition) is 0. The molecule has 6 rings (SSSR count). The molecule has 0 aliphatic rings. The largest absolute Gasteiger partial charge is 0.494 e. The average Bonchev–Trinajstić information content (AvgIpc) is 3.58. The van der Waals surface area contributed by atoms with Crippen molar-refractivity contribution in [2.45, 2.75) is 20.8 Å². The summed E-state index contributed by atoms with van der Waals surface area (Å²) in [6.45, 7) is 7.51. The number of thiophene rings is 3. The maximum atomic E-state index is 5.68. The lowest BCUT2D eigenvalue weighted by atomic mass is 10.1. The van der Waals surface area contributed by atoms with Crippen molar-refractivity contribution in [3.05, 3.63) is 89.1 Å². The fourth-order valence-electron chi connectivity index (χ4n) is 4.59. The Balaban J connectivity index is 1.38. The second-order valence-corrected chi connectivity index (χ2v) is 11.9. The van der Waals surface area contributed by atoms with Crippen molar-refractivity contribution in [1.82, 2.24) is 0 Å². The van der Waals surface area contributed by atoms with Gasteiger partial charge in [-0.05, 0) is 93.1 Å². The van der Waals surface area contributed by atoms with Crippen LogP contribution in [0.15, 0.2) is 84.2 Å². The quantitative estimate of drug-likeness (QED) is 0.191. The lowest BCUT2D eigenvalue weighted by Crippen LogP contribution is -2.10. The normalized spacial score (nSPS) is 11.3. The summed E-state index contributed by atoms with van der Waals surface area (Å²) in [6.07, 6.45) is 0. The Morgan fingerprint density at radius 3 is 1.73 bits per heavy atom. The third-order valence-electron chi connectivity index (χ3n) is 6.23. The highest BCUT2D eigenvalue weighted by Crippen LogP contribution is 2.47. The molecule has 37 heavy (non-hydrogen) atoms. The Kier molecular flexibility index (Phi) is 6.63. The minimum absolute atomic E-state index is 0.654. The van der Waals surface area contributed by atoms with Gasteiger partial charge in [0.05, 0.1) is 27.3 Å². The number of hydrogen-bond acceptors (Lipinski definition) is 6.